The number of benzene rings is 3. The Balaban J connectivity index is 1.46. The molecular formula is C26H23ClN4O6S. The molecule has 3 aromatic carbocycles. The number of rotatable bonds is 7. The van der Waals surface area contributed by atoms with Gasteiger partial charge in [0.15, 0.2) is 0 Å². The fraction of sp³-hybridized carbons (Fsp3) is 0.154. The summed E-state index contributed by atoms with van der Waals surface area (Å²) in [5.74, 6) is -0.263. The van der Waals surface area contributed by atoms with Gasteiger partial charge in [-0.3, -0.25) is 19.9 Å². The van der Waals surface area contributed by atoms with Gasteiger partial charge in [0, 0.05) is 18.7 Å². The van der Waals surface area contributed by atoms with E-state index in [4.69, 9.17) is 16.3 Å². The van der Waals surface area contributed by atoms with E-state index >= 15 is 0 Å². The van der Waals surface area contributed by atoms with Gasteiger partial charge in [0.05, 0.1) is 22.0 Å². The van der Waals surface area contributed by atoms with Gasteiger partial charge in [-0.1, -0.05) is 54.1 Å². The lowest BCUT2D eigenvalue weighted by atomic mass is 10.0. The molecule has 0 saturated heterocycles. The molecule has 3 N–H and O–H groups in total. The van der Waals surface area contributed by atoms with Crippen LogP contribution in [-0.4, -0.2) is 40.2 Å². The van der Waals surface area contributed by atoms with Crippen LogP contribution in [0.4, 0.5) is 0 Å². The molecule has 1 atom stereocenters. The molecule has 4 aromatic rings. The van der Waals surface area contributed by atoms with Gasteiger partial charge in [-0.2, -0.15) is 4.31 Å². The summed E-state index contributed by atoms with van der Waals surface area (Å²) in [6, 6.07) is 20.1. The number of ether oxygens (including phenoxy) is 1. The van der Waals surface area contributed by atoms with Crippen molar-refractivity contribution in [3.05, 3.63) is 111 Å². The van der Waals surface area contributed by atoms with Crippen LogP contribution in [0, 0.1) is 0 Å². The maximum atomic E-state index is 13.6. The van der Waals surface area contributed by atoms with Crippen molar-refractivity contribution in [1.29, 1.82) is 0 Å². The molecular weight excluding hydrogens is 532 g/mol. The van der Waals surface area contributed by atoms with E-state index in [9.17, 15) is 23.2 Å². The molecule has 0 bridgehead atoms. The van der Waals surface area contributed by atoms with Crippen LogP contribution in [0.2, 0.25) is 5.02 Å². The summed E-state index contributed by atoms with van der Waals surface area (Å²) < 4.78 is 35.3. The van der Waals surface area contributed by atoms with Gasteiger partial charge < -0.3 is 4.74 Å². The van der Waals surface area contributed by atoms with E-state index in [1.54, 1.807) is 24.3 Å². The van der Waals surface area contributed by atoms with E-state index in [2.05, 4.69) is 5.10 Å². The number of para-hydroxylation sites is 1. The number of aromatic amines is 1. The summed E-state index contributed by atoms with van der Waals surface area (Å²) >= 11 is 6.12. The highest BCUT2D eigenvalue weighted by atomic mass is 35.5. The van der Waals surface area contributed by atoms with E-state index < -0.39 is 27.5 Å². The highest BCUT2D eigenvalue weighted by Gasteiger charge is 2.43. The molecule has 1 amide bonds. The summed E-state index contributed by atoms with van der Waals surface area (Å²) in [6.45, 7) is 0.121. The maximum Gasteiger partial charge on any atom is 0.272 e. The molecule has 196 valence electrons. The molecule has 0 radical (unpaired) electrons. The van der Waals surface area contributed by atoms with E-state index in [-0.39, 0.29) is 30.0 Å². The Morgan fingerprint density at radius 2 is 1.74 bits per heavy atom. The molecule has 2 heterocycles. The first kappa shape index (κ1) is 25.7. The Bertz CT molecular complexity index is 1630. The fourth-order valence-corrected chi connectivity index (χ4v) is 6.18. The second kappa shape index (κ2) is 10.5. The van der Waals surface area contributed by atoms with Crippen molar-refractivity contribution >= 4 is 27.5 Å². The second-order valence-corrected chi connectivity index (χ2v) is 10.9. The zero-order valence-corrected chi connectivity index (χ0v) is 21.4. The van der Waals surface area contributed by atoms with E-state index in [1.807, 2.05) is 30.3 Å². The maximum absolute atomic E-state index is 13.6. The number of hydrogen-bond donors (Lipinski definition) is 3. The average molecular weight is 555 g/mol. The van der Waals surface area contributed by atoms with Gasteiger partial charge in [0.1, 0.15) is 17.5 Å². The summed E-state index contributed by atoms with van der Waals surface area (Å²) in [7, 11) is -4.26. The van der Waals surface area contributed by atoms with Crippen molar-refractivity contribution in [2.45, 2.75) is 23.9 Å². The van der Waals surface area contributed by atoms with Crippen molar-refractivity contribution in [3.63, 3.8) is 0 Å². The molecule has 1 unspecified atom stereocenters. The van der Waals surface area contributed by atoms with E-state index in [1.165, 1.54) is 34.4 Å². The normalized spacial score (nSPS) is 15.6. The van der Waals surface area contributed by atoms with Crippen LogP contribution in [0.1, 0.15) is 22.9 Å². The minimum Gasteiger partial charge on any atom is -0.456 e. The number of aromatic nitrogens is 2. The summed E-state index contributed by atoms with van der Waals surface area (Å²) in [5.41, 5.74) is 2.24. The van der Waals surface area contributed by atoms with Crippen LogP contribution in [0.3, 0.4) is 0 Å². The second-order valence-electron chi connectivity index (χ2n) is 8.63. The predicted molar refractivity (Wildman–Crippen MR) is 139 cm³/mol. The summed E-state index contributed by atoms with van der Waals surface area (Å²) in [4.78, 5) is 26.0. The molecule has 1 aliphatic rings. The number of sulfonamides is 1. The topological polar surface area (TPSA) is 134 Å². The summed E-state index contributed by atoms with van der Waals surface area (Å²) in [5, 5.41) is 12.8. The Morgan fingerprint density at radius 1 is 1.05 bits per heavy atom. The molecule has 10 nitrogen and oxygen atoms in total. The molecule has 0 aliphatic carbocycles. The number of fused-ring (bicyclic) bond motifs is 1. The Kier molecular flexibility index (Phi) is 7.09. The predicted octanol–water partition coefficient (Wildman–Crippen LogP) is 3.46. The molecule has 1 aromatic heterocycles. The van der Waals surface area contributed by atoms with E-state index in [0.29, 0.717) is 22.2 Å². The number of nitrogens with one attached hydrogen (secondary N) is 2. The van der Waals surface area contributed by atoms with Crippen LogP contribution in [0.15, 0.2) is 88.6 Å². The van der Waals surface area contributed by atoms with Crippen LogP contribution < -0.4 is 15.8 Å². The third-order valence-electron chi connectivity index (χ3n) is 6.25. The van der Waals surface area contributed by atoms with Gasteiger partial charge in [0.2, 0.25) is 10.0 Å². The number of amides is 1. The molecule has 12 heteroatoms. The lowest BCUT2D eigenvalue weighted by Crippen LogP contribution is -2.48. The van der Waals surface area contributed by atoms with Crippen molar-refractivity contribution in [2.75, 3.05) is 6.54 Å². The van der Waals surface area contributed by atoms with Gasteiger partial charge in [0.25, 0.3) is 11.5 Å². The first-order valence-corrected chi connectivity index (χ1v) is 13.4. The lowest BCUT2D eigenvalue weighted by molar-refractivity contribution is -0.133. The van der Waals surface area contributed by atoms with Gasteiger partial charge in [-0.05, 0) is 42.0 Å². The molecule has 5 rings (SSSR count). The highest BCUT2D eigenvalue weighted by molar-refractivity contribution is 7.89. The van der Waals surface area contributed by atoms with Gasteiger partial charge in [-0.15, -0.1) is 0 Å². The van der Waals surface area contributed by atoms with Gasteiger partial charge >= 0.3 is 0 Å². The number of nitrogens with zero attached hydrogens (tertiary/aromatic N) is 2. The Morgan fingerprint density at radius 3 is 2.42 bits per heavy atom. The standard InChI is InChI=1S/C26H23ClN4O6S/c27-20-8-4-5-9-22(20)37-18-10-12-19(13-11-18)38(35,36)31-15-14-21-23(24(31)25(32)29-34)26(33)30(28-21)16-17-6-2-1-3-7-17/h1-13,24,28,34H,14-16H2,(H,29,32). The molecule has 0 spiro atoms. The summed E-state index contributed by atoms with van der Waals surface area (Å²) in [6.07, 6.45) is 0.175. The van der Waals surface area contributed by atoms with Crippen LogP contribution in [-0.2, 0) is 27.8 Å². The van der Waals surface area contributed by atoms with Crippen LogP contribution in [0.5, 0.6) is 11.5 Å². The van der Waals surface area contributed by atoms with Crippen molar-refractivity contribution in [3.8, 4) is 11.5 Å². The fourth-order valence-electron chi connectivity index (χ4n) is 4.44. The average Bonchev–Trinajstić information content (AvgIpc) is 3.24. The number of hydrogen-bond acceptors (Lipinski definition) is 6. The zero-order valence-electron chi connectivity index (χ0n) is 19.9. The largest absolute Gasteiger partial charge is 0.456 e. The molecule has 0 saturated carbocycles. The smallest absolute Gasteiger partial charge is 0.272 e. The number of carbonyl (C=O) groups is 1. The lowest BCUT2D eigenvalue weighted by Gasteiger charge is -2.32. The quantitative estimate of drug-likeness (QED) is 0.237. The third kappa shape index (κ3) is 4.84. The van der Waals surface area contributed by atoms with Crippen molar-refractivity contribution < 1.29 is 23.2 Å². The minimum atomic E-state index is -4.26. The number of hydroxylamine groups is 1. The van der Waals surface area contributed by atoms with E-state index in [0.717, 1.165) is 9.87 Å². The van der Waals surface area contributed by atoms with Crippen molar-refractivity contribution in [1.82, 2.24) is 19.6 Å². The Hall–Kier alpha value is -3.90. The zero-order chi connectivity index (χ0) is 26.9. The first-order chi connectivity index (χ1) is 18.3. The van der Waals surface area contributed by atoms with Crippen molar-refractivity contribution in [2.24, 2.45) is 0 Å². The monoisotopic (exact) mass is 554 g/mol. The van der Waals surface area contributed by atoms with Crippen LogP contribution in [0.25, 0.3) is 0 Å². The highest BCUT2D eigenvalue weighted by Crippen LogP contribution is 2.34. The van der Waals surface area contributed by atoms with Crippen LogP contribution >= 0.6 is 11.6 Å². The Labute approximate surface area is 223 Å². The molecule has 0 fully saturated rings. The molecule has 1 aliphatic heterocycles. The number of carbonyl (C=O) groups excluding carboxylic acids is 1. The SMILES string of the molecule is O=C(NO)C1c2c([nH]n(Cc3ccccc3)c2=O)CCN1S(=O)(=O)c1ccc(Oc2ccccc2Cl)cc1. The first-order valence-electron chi connectivity index (χ1n) is 11.6. The van der Waals surface area contributed by atoms with Gasteiger partial charge in [-0.25, -0.2) is 18.6 Å². The minimum absolute atomic E-state index is 0.0269. The third-order valence-corrected chi connectivity index (χ3v) is 8.44. The number of halogens is 1. The number of H-pyrrole nitrogens is 1. The molecule has 38 heavy (non-hydrogen) atoms.